The predicted molar refractivity (Wildman–Crippen MR) is 78.5 cm³/mol. The fourth-order valence-corrected chi connectivity index (χ4v) is 2.75. The van der Waals surface area contributed by atoms with Crippen molar-refractivity contribution in [3.63, 3.8) is 0 Å². The number of rotatable bonds is 3. The standard InChI is InChI=1S/C16H14N6/c17-9-15(1-2-15)11-5-19-13(20-6-11)14-21-7-12(8-22-14)16(10-18)3-4-16/h5-7H,1-4,8H2,(H,21,22). The van der Waals surface area contributed by atoms with Gasteiger partial charge < -0.3 is 5.32 Å². The maximum atomic E-state index is 9.21. The summed E-state index contributed by atoms with van der Waals surface area (Å²) in [4.78, 5) is 13.1. The highest BCUT2D eigenvalue weighted by molar-refractivity contribution is 5.96. The highest BCUT2D eigenvalue weighted by atomic mass is 15.1. The van der Waals surface area contributed by atoms with Crippen LogP contribution in [0.5, 0.6) is 0 Å². The summed E-state index contributed by atoms with van der Waals surface area (Å²) >= 11 is 0. The van der Waals surface area contributed by atoms with Gasteiger partial charge in [0.05, 0.1) is 29.5 Å². The lowest BCUT2D eigenvalue weighted by Gasteiger charge is -2.17. The first-order valence-electron chi connectivity index (χ1n) is 7.37. The SMILES string of the molecule is N#CC1(C2=CNC(c3ncc(C4(C#N)CC4)cn3)=NC2)CC1. The average Bonchev–Trinajstić information content (AvgIpc) is 3.50. The monoisotopic (exact) mass is 290 g/mol. The van der Waals surface area contributed by atoms with Gasteiger partial charge in [0.1, 0.15) is 0 Å². The molecule has 0 atom stereocenters. The van der Waals surface area contributed by atoms with E-state index in [-0.39, 0.29) is 10.8 Å². The van der Waals surface area contributed by atoms with E-state index >= 15 is 0 Å². The Morgan fingerprint density at radius 1 is 1.00 bits per heavy atom. The molecule has 22 heavy (non-hydrogen) atoms. The minimum absolute atomic E-state index is 0.294. The van der Waals surface area contributed by atoms with Crippen molar-refractivity contribution >= 4 is 5.84 Å². The van der Waals surface area contributed by atoms with Gasteiger partial charge in [-0.05, 0) is 31.3 Å². The largest absolute Gasteiger partial charge is 0.344 e. The Hall–Kier alpha value is -2.73. The zero-order valence-electron chi connectivity index (χ0n) is 12.0. The molecule has 2 saturated carbocycles. The molecule has 6 nitrogen and oxygen atoms in total. The molecule has 1 aromatic heterocycles. The molecule has 108 valence electrons. The second kappa shape index (κ2) is 4.38. The molecule has 0 amide bonds. The number of nitriles is 2. The first kappa shape index (κ1) is 13.0. The van der Waals surface area contributed by atoms with Gasteiger partial charge in [0.2, 0.25) is 0 Å². The molecular formula is C16H14N6. The molecule has 6 heteroatoms. The fraction of sp³-hybridized carbons (Fsp3) is 0.438. The van der Waals surface area contributed by atoms with E-state index in [0.29, 0.717) is 18.2 Å². The topological polar surface area (TPSA) is 97.8 Å². The minimum Gasteiger partial charge on any atom is -0.344 e. The second-order valence-corrected chi connectivity index (χ2v) is 6.16. The Bertz CT molecular complexity index is 766. The summed E-state index contributed by atoms with van der Waals surface area (Å²) in [6, 6.07) is 4.71. The predicted octanol–water partition coefficient (Wildman–Crippen LogP) is 1.57. The normalized spacial score (nSPS) is 23.2. The summed E-state index contributed by atoms with van der Waals surface area (Å²) in [5.41, 5.74) is 1.26. The van der Waals surface area contributed by atoms with Crippen LogP contribution in [0, 0.1) is 28.1 Å². The maximum Gasteiger partial charge on any atom is 0.195 e. The molecule has 2 aliphatic carbocycles. The lowest BCUT2D eigenvalue weighted by Crippen LogP contribution is -2.28. The number of aromatic nitrogens is 2. The van der Waals surface area contributed by atoms with Crippen LogP contribution in [-0.2, 0) is 5.41 Å². The summed E-state index contributed by atoms with van der Waals surface area (Å²) in [7, 11) is 0. The first-order chi connectivity index (χ1) is 10.7. The molecule has 3 aliphatic rings. The molecule has 4 rings (SSSR count). The van der Waals surface area contributed by atoms with E-state index in [0.717, 1.165) is 36.8 Å². The van der Waals surface area contributed by atoms with Gasteiger partial charge in [-0.15, -0.1) is 0 Å². The quantitative estimate of drug-likeness (QED) is 0.911. The van der Waals surface area contributed by atoms with E-state index in [1.165, 1.54) is 0 Å². The number of hydrogen-bond acceptors (Lipinski definition) is 6. The number of nitrogens with one attached hydrogen (secondary N) is 1. The molecule has 2 heterocycles. The van der Waals surface area contributed by atoms with Crippen molar-refractivity contribution in [1.82, 2.24) is 15.3 Å². The van der Waals surface area contributed by atoms with Crippen LogP contribution in [0.3, 0.4) is 0 Å². The molecular weight excluding hydrogens is 276 g/mol. The molecule has 0 saturated heterocycles. The van der Waals surface area contributed by atoms with Crippen molar-refractivity contribution in [3.8, 4) is 12.1 Å². The van der Waals surface area contributed by atoms with Crippen molar-refractivity contribution in [2.24, 2.45) is 10.4 Å². The molecule has 2 fully saturated rings. The van der Waals surface area contributed by atoms with E-state index < -0.39 is 0 Å². The first-order valence-corrected chi connectivity index (χ1v) is 7.37. The lowest BCUT2D eigenvalue weighted by molar-refractivity contribution is 0.752. The van der Waals surface area contributed by atoms with Gasteiger partial charge in [0.25, 0.3) is 0 Å². The summed E-state index contributed by atoms with van der Waals surface area (Å²) < 4.78 is 0. The van der Waals surface area contributed by atoms with Gasteiger partial charge in [0.15, 0.2) is 11.7 Å². The molecule has 0 bridgehead atoms. The number of hydrogen-bond donors (Lipinski definition) is 1. The number of aliphatic imine (C=N–C) groups is 1. The van der Waals surface area contributed by atoms with Crippen LogP contribution >= 0.6 is 0 Å². The van der Waals surface area contributed by atoms with Crippen molar-refractivity contribution in [1.29, 1.82) is 10.5 Å². The summed E-state index contributed by atoms with van der Waals surface area (Å²) in [6.07, 6.45) is 8.92. The maximum absolute atomic E-state index is 9.21. The average molecular weight is 290 g/mol. The Morgan fingerprint density at radius 2 is 1.64 bits per heavy atom. The molecule has 1 aromatic rings. The van der Waals surface area contributed by atoms with Crippen LogP contribution < -0.4 is 5.32 Å². The molecule has 0 aromatic carbocycles. The van der Waals surface area contributed by atoms with Crippen LogP contribution in [0.2, 0.25) is 0 Å². The van der Waals surface area contributed by atoms with Gasteiger partial charge in [-0.1, -0.05) is 0 Å². The zero-order chi connectivity index (χ0) is 15.2. The van der Waals surface area contributed by atoms with Crippen LogP contribution in [0.25, 0.3) is 0 Å². The van der Waals surface area contributed by atoms with Crippen molar-refractivity contribution in [2.75, 3.05) is 6.54 Å². The molecule has 0 unspecified atom stereocenters. The van der Waals surface area contributed by atoms with Gasteiger partial charge >= 0.3 is 0 Å². The Morgan fingerprint density at radius 3 is 2.09 bits per heavy atom. The molecule has 1 aliphatic heterocycles. The van der Waals surface area contributed by atoms with Crippen LogP contribution in [0.15, 0.2) is 29.2 Å². The van der Waals surface area contributed by atoms with E-state index in [2.05, 4.69) is 32.4 Å². The smallest absolute Gasteiger partial charge is 0.195 e. The summed E-state index contributed by atoms with van der Waals surface area (Å²) in [5, 5.41) is 21.5. The van der Waals surface area contributed by atoms with Gasteiger partial charge in [0, 0.05) is 24.2 Å². The van der Waals surface area contributed by atoms with E-state index in [1.807, 2.05) is 6.20 Å². The van der Waals surface area contributed by atoms with Crippen LogP contribution in [0.4, 0.5) is 0 Å². The van der Waals surface area contributed by atoms with Gasteiger partial charge in [-0.25, -0.2) is 9.97 Å². The Labute approximate surface area is 128 Å². The lowest BCUT2D eigenvalue weighted by atomic mass is 9.98. The highest BCUT2D eigenvalue weighted by Crippen LogP contribution is 2.51. The molecule has 1 N–H and O–H groups in total. The second-order valence-electron chi connectivity index (χ2n) is 6.16. The number of amidine groups is 1. The fourth-order valence-electron chi connectivity index (χ4n) is 2.75. The van der Waals surface area contributed by atoms with E-state index in [1.54, 1.807) is 12.4 Å². The summed E-state index contributed by atoms with van der Waals surface area (Å²) in [6.45, 7) is 0.517. The third-order valence-corrected chi connectivity index (χ3v) is 4.75. The summed E-state index contributed by atoms with van der Waals surface area (Å²) in [5.74, 6) is 1.14. The minimum atomic E-state index is -0.363. The van der Waals surface area contributed by atoms with Crippen molar-refractivity contribution in [3.05, 3.63) is 35.6 Å². The van der Waals surface area contributed by atoms with E-state index in [9.17, 15) is 10.5 Å². The third-order valence-electron chi connectivity index (χ3n) is 4.75. The van der Waals surface area contributed by atoms with E-state index in [4.69, 9.17) is 0 Å². The zero-order valence-corrected chi connectivity index (χ0v) is 12.0. The number of nitrogens with zero attached hydrogens (tertiary/aromatic N) is 5. The highest BCUT2D eigenvalue weighted by Gasteiger charge is 2.47. The third kappa shape index (κ3) is 1.88. The van der Waals surface area contributed by atoms with Gasteiger partial charge in [-0.2, -0.15) is 10.5 Å². The Kier molecular flexibility index (Phi) is 2.58. The van der Waals surface area contributed by atoms with Crippen molar-refractivity contribution < 1.29 is 0 Å². The molecule has 0 spiro atoms. The van der Waals surface area contributed by atoms with Gasteiger partial charge in [-0.3, -0.25) is 4.99 Å². The Balaban J connectivity index is 1.50. The van der Waals surface area contributed by atoms with Crippen LogP contribution in [0.1, 0.15) is 37.1 Å². The van der Waals surface area contributed by atoms with Crippen molar-refractivity contribution in [2.45, 2.75) is 31.1 Å². The molecule has 0 radical (unpaired) electrons. The van der Waals surface area contributed by atoms with Crippen LogP contribution in [-0.4, -0.2) is 22.3 Å².